The third kappa shape index (κ3) is 4.22. The molecule has 0 bridgehead atoms. The monoisotopic (exact) mass is 496 g/mol. The number of hydrogen-bond donors (Lipinski definition) is 1. The van der Waals surface area contributed by atoms with Gasteiger partial charge in [0, 0.05) is 23.4 Å². The summed E-state index contributed by atoms with van der Waals surface area (Å²) in [6, 6.07) is 18.6. The maximum absolute atomic E-state index is 14.0. The molecule has 1 aliphatic heterocycles. The summed E-state index contributed by atoms with van der Waals surface area (Å²) >= 11 is 0. The number of pyridine rings is 1. The Kier molecular flexibility index (Phi) is 5.79. The van der Waals surface area contributed by atoms with Gasteiger partial charge in [-0.2, -0.15) is 13.2 Å². The van der Waals surface area contributed by atoms with Crippen LogP contribution in [0.25, 0.3) is 11.1 Å². The fourth-order valence-electron chi connectivity index (χ4n) is 4.88. The summed E-state index contributed by atoms with van der Waals surface area (Å²) in [6.07, 6.45) is -4.00. The summed E-state index contributed by atoms with van der Waals surface area (Å²) in [6.45, 7) is 1.76. The molecule has 0 saturated carbocycles. The highest BCUT2D eigenvalue weighted by molar-refractivity contribution is 5.77. The van der Waals surface area contributed by atoms with Crippen LogP contribution in [0, 0.1) is 11.6 Å². The lowest BCUT2D eigenvalue weighted by atomic mass is 9.77. The second-order valence-corrected chi connectivity index (χ2v) is 9.11. The van der Waals surface area contributed by atoms with Gasteiger partial charge < -0.3 is 5.11 Å². The van der Waals surface area contributed by atoms with Crippen molar-refractivity contribution in [3.8, 4) is 11.1 Å². The van der Waals surface area contributed by atoms with E-state index in [4.69, 9.17) is 0 Å². The summed E-state index contributed by atoms with van der Waals surface area (Å²) in [5, 5.41) is 11.5. The van der Waals surface area contributed by atoms with Crippen LogP contribution in [0.1, 0.15) is 23.6 Å². The smallest absolute Gasteiger partial charge is 0.372 e. The van der Waals surface area contributed by atoms with Crippen molar-refractivity contribution in [3.05, 3.63) is 113 Å². The van der Waals surface area contributed by atoms with E-state index in [2.05, 4.69) is 4.98 Å². The molecule has 0 aliphatic carbocycles. The molecule has 2 heterocycles. The van der Waals surface area contributed by atoms with E-state index < -0.39 is 35.0 Å². The predicted molar refractivity (Wildman–Crippen MR) is 127 cm³/mol. The van der Waals surface area contributed by atoms with E-state index in [9.17, 15) is 27.1 Å². The van der Waals surface area contributed by atoms with Gasteiger partial charge in [-0.3, -0.25) is 4.90 Å². The van der Waals surface area contributed by atoms with Crippen molar-refractivity contribution in [2.75, 3.05) is 4.90 Å². The van der Waals surface area contributed by atoms with E-state index in [-0.39, 0.29) is 6.42 Å². The van der Waals surface area contributed by atoms with Crippen molar-refractivity contribution in [2.24, 2.45) is 0 Å². The molecular weight excluding hydrogens is 475 g/mol. The molecular formula is C28H21F5N2O. The summed E-state index contributed by atoms with van der Waals surface area (Å²) in [5.74, 6) is -1.01. The quantitative estimate of drug-likeness (QED) is 0.309. The van der Waals surface area contributed by atoms with Crippen LogP contribution in [-0.4, -0.2) is 16.3 Å². The lowest BCUT2D eigenvalue weighted by Gasteiger charge is -2.32. The SMILES string of the molecule is CC1(Cc2cc(F)cc(F)c2)c2cc(-c3cccc(C(F)(F)F)c3)ccc2N(c2ccccn2)C1O. The lowest BCUT2D eigenvalue weighted by Crippen LogP contribution is -2.42. The number of hydrogen-bond acceptors (Lipinski definition) is 3. The lowest BCUT2D eigenvalue weighted by molar-refractivity contribution is -0.137. The molecule has 2 unspecified atom stereocenters. The number of aromatic nitrogens is 1. The highest BCUT2D eigenvalue weighted by Crippen LogP contribution is 2.50. The molecule has 2 atom stereocenters. The van der Waals surface area contributed by atoms with Crippen molar-refractivity contribution in [1.82, 2.24) is 4.98 Å². The van der Waals surface area contributed by atoms with Crippen molar-refractivity contribution >= 4 is 11.5 Å². The molecule has 3 aromatic carbocycles. The largest absolute Gasteiger partial charge is 0.416 e. The third-order valence-electron chi connectivity index (χ3n) is 6.60. The van der Waals surface area contributed by atoms with Crippen molar-refractivity contribution in [1.29, 1.82) is 0 Å². The molecule has 0 radical (unpaired) electrons. The number of anilines is 2. The number of benzene rings is 3. The number of halogens is 5. The molecule has 0 fully saturated rings. The molecule has 5 rings (SSSR count). The van der Waals surface area contributed by atoms with Crippen LogP contribution >= 0.6 is 0 Å². The zero-order valence-electron chi connectivity index (χ0n) is 19.1. The predicted octanol–water partition coefficient (Wildman–Crippen LogP) is 7.02. The van der Waals surface area contributed by atoms with Gasteiger partial charge in [-0.05, 0) is 77.2 Å². The molecule has 1 aliphatic rings. The summed E-state index contributed by atoms with van der Waals surface area (Å²) in [5.41, 5.74) is 0.617. The van der Waals surface area contributed by atoms with Gasteiger partial charge in [-0.15, -0.1) is 0 Å². The molecule has 3 nitrogen and oxygen atoms in total. The first-order valence-corrected chi connectivity index (χ1v) is 11.2. The van der Waals surface area contributed by atoms with Crippen molar-refractivity contribution in [2.45, 2.75) is 31.2 Å². The molecule has 36 heavy (non-hydrogen) atoms. The van der Waals surface area contributed by atoms with Crippen molar-refractivity contribution in [3.63, 3.8) is 0 Å². The van der Waals surface area contributed by atoms with Gasteiger partial charge in [0.2, 0.25) is 0 Å². The van der Waals surface area contributed by atoms with Gasteiger partial charge in [0.05, 0.1) is 5.56 Å². The highest BCUT2D eigenvalue weighted by atomic mass is 19.4. The first-order valence-electron chi connectivity index (χ1n) is 11.2. The zero-order chi connectivity index (χ0) is 25.7. The van der Waals surface area contributed by atoms with Gasteiger partial charge in [0.25, 0.3) is 0 Å². The zero-order valence-corrected chi connectivity index (χ0v) is 19.1. The summed E-state index contributed by atoms with van der Waals surface area (Å²) in [7, 11) is 0. The minimum absolute atomic E-state index is 0.0746. The van der Waals surface area contributed by atoms with Crippen LogP contribution in [0.5, 0.6) is 0 Å². The third-order valence-corrected chi connectivity index (χ3v) is 6.60. The van der Waals surface area contributed by atoms with Crippen LogP contribution < -0.4 is 4.90 Å². The van der Waals surface area contributed by atoms with Crippen LogP contribution in [0.4, 0.5) is 33.5 Å². The first-order chi connectivity index (χ1) is 17.1. The van der Waals surface area contributed by atoms with Gasteiger partial charge in [0.1, 0.15) is 23.7 Å². The van der Waals surface area contributed by atoms with Gasteiger partial charge >= 0.3 is 6.18 Å². The fraction of sp³-hybridized carbons (Fsp3) is 0.179. The van der Waals surface area contributed by atoms with Crippen LogP contribution in [0.15, 0.2) is 85.1 Å². The number of nitrogens with zero attached hydrogens (tertiary/aromatic N) is 2. The number of rotatable bonds is 4. The Labute approximate surface area is 204 Å². The topological polar surface area (TPSA) is 36.4 Å². The van der Waals surface area contributed by atoms with Gasteiger partial charge in [-0.25, -0.2) is 13.8 Å². The Hall–Kier alpha value is -3.78. The Morgan fingerprint density at radius 1 is 0.889 bits per heavy atom. The maximum atomic E-state index is 14.0. The molecule has 4 aromatic rings. The van der Waals surface area contributed by atoms with Crippen LogP contribution in [0.2, 0.25) is 0 Å². The average molecular weight is 496 g/mol. The van der Waals surface area contributed by atoms with Gasteiger partial charge in [-0.1, -0.05) is 31.2 Å². The second kappa shape index (κ2) is 8.71. The van der Waals surface area contributed by atoms with E-state index in [1.165, 1.54) is 18.2 Å². The molecule has 0 saturated heterocycles. The summed E-state index contributed by atoms with van der Waals surface area (Å²) in [4.78, 5) is 5.98. The fourth-order valence-corrected chi connectivity index (χ4v) is 4.88. The van der Waals surface area contributed by atoms with E-state index in [0.29, 0.717) is 33.8 Å². The van der Waals surface area contributed by atoms with Crippen LogP contribution in [-0.2, 0) is 18.0 Å². The number of fused-ring (bicyclic) bond motifs is 1. The standard InChI is InChI=1S/C28H21F5N2O/c1-27(16-17-11-21(29)15-22(30)12-17)23-14-19(18-5-4-6-20(13-18)28(31,32)33)8-9-24(23)35(26(27)36)25-7-2-3-10-34-25/h2-15,26,36H,16H2,1H3. The molecule has 184 valence electrons. The Bertz CT molecular complexity index is 1400. The Balaban J connectivity index is 1.66. The number of aliphatic hydroxyl groups excluding tert-OH is 1. The maximum Gasteiger partial charge on any atom is 0.416 e. The van der Waals surface area contributed by atoms with E-state index in [1.54, 1.807) is 60.5 Å². The minimum Gasteiger partial charge on any atom is -0.372 e. The van der Waals surface area contributed by atoms with Crippen molar-refractivity contribution < 1.29 is 27.1 Å². The second-order valence-electron chi connectivity index (χ2n) is 9.11. The number of alkyl halides is 3. The normalized spacial score (nSPS) is 19.4. The Morgan fingerprint density at radius 3 is 2.28 bits per heavy atom. The molecule has 1 aromatic heterocycles. The van der Waals surface area contributed by atoms with E-state index in [1.807, 2.05) is 0 Å². The van der Waals surface area contributed by atoms with E-state index in [0.717, 1.165) is 18.2 Å². The average Bonchev–Trinajstić information content (AvgIpc) is 3.04. The molecule has 8 heteroatoms. The molecule has 0 amide bonds. The number of aliphatic hydroxyl groups is 1. The molecule has 1 N–H and O–H groups in total. The van der Waals surface area contributed by atoms with E-state index >= 15 is 0 Å². The van der Waals surface area contributed by atoms with Crippen LogP contribution in [0.3, 0.4) is 0 Å². The minimum atomic E-state index is -4.49. The first kappa shape index (κ1) is 23.9. The highest BCUT2D eigenvalue weighted by Gasteiger charge is 2.48. The summed E-state index contributed by atoms with van der Waals surface area (Å²) < 4.78 is 67.9. The van der Waals surface area contributed by atoms with Gasteiger partial charge in [0.15, 0.2) is 0 Å². The molecule has 0 spiro atoms. The Morgan fingerprint density at radius 2 is 1.61 bits per heavy atom.